The first-order chi connectivity index (χ1) is 28.1. The van der Waals surface area contributed by atoms with Crippen molar-refractivity contribution in [3.8, 4) is 22.5 Å². The third-order valence-corrected chi connectivity index (χ3v) is 10.8. The lowest BCUT2D eigenvalue weighted by Crippen LogP contribution is -2.50. The lowest BCUT2D eigenvalue weighted by Gasteiger charge is -2.28. The van der Waals surface area contributed by atoms with Crippen LogP contribution in [0.25, 0.3) is 22.5 Å². The molecule has 312 valence electrons. The zero-order chi connectivity index (χ0) is 42.5. The van der Waals surface area contributed by atoms with Crippen LogP contribution in [0.5, 0.6) is 0 Å². The van der Waals surface area contributed by atoms with E-state index in [1.165, 1.54) is 24.3 Å². The Bertz CT molecular complexity index is 2190. The van der Waals surface area contributed by atoms with Crippen molar-refractivity contribution in [2.75, 3.05) is 18.4 Å². The van der Waals surface area contributed by atoms with Gasteiger partial charge in [-0.25, -0.2) is 9.78 Å². The number of nitrogens with two attached hydrogens (primary N) is 1. The number of amides is 4. The van der Waals surface area contributed by atoms with E-state index in [1.54, 1.807) is 17.2 Å². The normalized spacial score (nSPS) is 18.9. The van der Waals surface area contributed by atoms with Gasteiger partial charge in [-0.05, 0) is 117 Å². The maximum absolute atomic E-state index is 14.2. The standard InChI is InChI=1S/C41H44F4N8O6/c1-22-19-28(35(55)49-31-3-2-18-47-36(31)56)14-17-30(22)25-8-4-23(5-9-25)20-32(50-34(54)27-10-6-24(21-46)7-11-27)37(57)48-29-15-12-26(13-16-29)33-51-38(53-52-33)40(42,43)41(44,45)39(58)59/h4-5,8-9,12-17,19,24,27,31-32H,2-3,6-7,10-11,18,20-21,46H2,1H3,(H,47,56)(H,48,57)(H,49,55)(H,50,54)(H,58,59)(H,51,52,53). The fourth-order valence-electron chi connectivity index (χ4n) is 7.24. The minimum absolute atomic E-state index is 0.0968. The third-order valence-electron chi connectivity index (χ3n) is 10.8. The Morgan fingerprint density at radius 3 is 2.24 bits per heavy atom. The van der Waals surface area contributed by atoms with E-state index < -0.39 is 47.5 Å². The first kappa shape index (κ1) is 42.4. The minimum atomic E-state index is -5.45. The highest BCUT2D eigenvalue weighted by atomic mass is 19.3. The molecule has 2 atom stereocenters. The van der Waals surface area contributed by atoms with Crippen molar-refractivity contribution in [2.24, 2.45) is 17.6 Å². The number of aromatic nitrogens is 3. The Morgan fingerprint density at radius 2 is 1.61 bits per heavy atom. The highest BCUT2D eigenvalue weighted by Crippen LogP contribution is 2.42. The second kappa shape index (κ2) is 17.8. The number of piperidine rings is 1. The van der Waals surface area contributed by atoms with Crippen molar-refractivity contribution >= 4 is 35.3 Å². The number of aromatic amines is 1. The van der Waals surface area contributed by atoms with Crippen LogP contribution >= 0.6 is 0 Å². The quantitative estimate of drug-likeness (QED) is 0.0876. The third kappa shape index (κ3) is 9.59. The Kier molecular flexibility index (Phi) is 12.8. The van der Waals surface area contributed by atoms with Crippen LogP contribution in [0.1, 0.15) is 65.8 Å². The van der Waals surface area contributed by atoms with Crippen LogP contribution in [-0.4, -0.2) is 81.0 Å². The van der Waals surface area contributed by atoms with E-state index in [2.05, 4.69) is 31.3 Å². The van der Waals surface area contributed by atoms with Crippen LogP contribution < -0.4 is 27.0 Å². The molecule has 6 rings (SSSR count). The molecule has 2 unspecified atom stereocenters. The van der Waals surface area contributed by atoms with E-state index >= 15 is 0 Å². The largest absolute Gasteiger partial charge is 0.477 e. The summed E-state index contributed by atoms with van der Waals surface area (Å²) < 4.78 is 55.9. The Morgan fingerprint density at radius 1 is 0.932 bits per heavy atom. The molecule has 1 aliphatic carbocycles. The SMILES string of the molecule is Cc1cc(C(=O)NC2CCCNC2=O)ccc1-c1ccc(CC(NC(=O)C2CCC(CN)CC2)C(=O)Nc2ccc(-c3n[nH]c(C(F)(F)C(F)(F)C(=O)O)n3)cc2)cc1. The molecular weight excluding hydrogens is 776 g/mol. The molecule has 59 heavy (non-hydrogen) atoms. The number of halogens is 4. The van der Waals surface area contributed by atoms with Crippen LogP contribution in [0.4, 0.5) is 23.2 Å². The van der Waals surface area contributed by atoms with Gasteiger partial charge in [0.1, 0.15) is 12.1 Å². The number of hydrogen-bond acceptors (Lipinski definition) is 8. The summed E-state index contributed by atoms with van der Waals surface area (Å²) in [6, 6.07) is 16.6. The molecule has 0 radical (unpaired) electrons. The van der Waals surface area contributed by atoms with E-state index in [9.17, 15) is 41.5 Å². The predicted molar refractivity (Wildman–Crippen MR) is 207 cm³/mol. The topological polar surface area (TPSA) is 221 Å². The Hall–Kier alpha value is -6.17. The number of hydrogen-bond donors (Lipinski definition) is 7. The number of carbonyl (C=O) groups excluding carboxylic acids is 4. The van der Waals surface area contributed by atoms with Crippen molar-refractivity contribution in [3.63, 3.8) is 0 Å². The van der Waals surface area contributed by atoms with Crippen LogP contribution in [0.15, 0.2) is 66.7 Å². The van der Waals surface area contributed by atoms with Gasteiger partial charge in [0.25, 0.3) is 5.91 Å². The molecule has 0 bridgehead atoms. The number of anilines is 1. The summed E-state index contributed by atoms with van der Waals surface area (Å²) >= 11 is 0. The molecule has 4 amide bonds. The number of rotatable bonds is 14. The van der Waals surface area contributed by atoms with Crippen LogP contribution in [0, 0.1) is 18.8 Å². The fourth-order valence-corrected chi connectivity index (χ4v) is 7.24. The van der Waals surface area contributed by atoms with Crippen molar-refractivity contribution in [3.05, 3.63) is 89.2 Å². The maximum Gasteiger partial charge on any atom is 0.411 e. The molecule has 14 nitrogen and oxygen atoms in total. The van der Waals surface area contributed by atoms with Gasteiger partial charge >= 0.3 is 17.8 Å². The summed E-state index contributed by atoms with van der Waals surface area (Å²) in [7, 11) is 0. The monoisotopic (exact) mass is 820 g/mol. The first-order valence-electron chi connectivity index (χ1n) is 19.2. The van der Waals surface area contributed by atoms with E-state index in [0.717, 1.165) is 41.5 Å². The molecule has 2 heterocycles. The number of carboxylic acids is 1. The number of H-pyrrole nitrogens is 1. The number of aryl methyl sites for hydroxylation is 1. The summed E-state index contributed by atoms with van der Waals surface area (Å²) in [5, 5.41) is 25.0. The molecule has 1 saturated carbocycles. The van der Waals surface area contributed by atoms with Crippen molar-refractivity contribution < 1.29 is 46.6 Å². The molecule has 1 saturated heterocycles. The average molecular weight is 821 g/mol. The van der Waals surface area contributed by atoms with Gasteiger partial charge in [-0.15, -0.1) is 0 Å². The van der Waals surface area contributed by atoms with Gasteiger partial charge in [0, 0.05) is 35.7 Å². The molecule has 2 aliphatic rings. The molecule has 18 heteroatoms. The summed E-state index contributed by atoms with van der Waals surface area (Å²) in [6.07, 6.45) is 4.35. The van der Waals surface area contributed by atoms with Crippen LogP contribution in [0.2, 0.25) is 0 Å². The van der Waals surface area contributed by atoms with Crippen LogP contribution in [0.3, 0.4) is 0 Å². The second-order valence-electron chi connectivity index (χ2n) is 14.9. The van der Waals surface area contributed by atoms with Gasteiger partial charge < -0.3 is 32.1 Å². The fraction of sp³-hybridized carbons (Fsp3) is 0.390. The van der Waals surface area contributed by atoms with Gasteiger partial charge in [-0.2, -0.15) is 22.7 Å². The predicted octanol–water partition coefficient (Wildman–Crippen LogP) is 4.70. The first-order valence-corrected chi connectivity index (χ1v) is 19.2. The molecule has 1 aliphatic heterocycles. The second-order valence-corrected chi connectivity index (χ2v) is 14.9. The lowest BCUT2D eigenvalue weighted by atomic mass is 9.81. The number of nitrogens with one attached hydrogen (secondary N) is 5. The summed E-state index contributed by atoms with van der Waals surface area (Å²) in [5.41, 5.74) is 9.90. The van der Waals surface area contributed by atoms with Gasteiger partial charge in [-0.3, -0.25) is 24.3 Å². The van der Waals surface area contributed by atoms with E-state index in [1.807, 2.05) is 37.3 Å². The van der Waals surface area contributed by atoms with Crippen molar-refractivity contribution in [1.82, 2.24) is 31.1 Å². The summed E-state index contributed by atoms with van der Waals surface area (Å²) in [4.78, 5) is 66.4. The van der Waals surface area contributed by atoms with Gasteiger partial charge in [-0.1, -0.05) is 30.3 Å². The van der Waals surface area contributed by atoms with E-state index in [0.29, 0.717) is 43.8 Å². The maximum atomic E-state index is 14.2. The number of alkyl halides is 4. The van der Waals surface area contributed by atoms with E-state index in [-0.39, 0.29) is 41.3 Å². The van der Waals surface area contributed by atoms with Gasteiger partial charge in [0.15, 0.2) is 5.82 Å². The highest BCUT2D eigenvalue weighted by molar-refractivity contribution is 5.99. The zero-order valence-corrected chi connectivity index (χ0v) is 32.0. The Balaban J connectivity index is 1.15. The minimum Gasteiger partial charge on any atom is -0.477 e. The summed E-state index contributed by atoms with van der Waals surface area (Å²) in [6.45, 7) is 3.01. The molecule has 2 fully saturated rings. The number of aliphatic carboxylic acids is 1. The van der Waals surface area contributed by atoms with Crippen molar-refractivity contribution in [2.45, 2.75) is 75.8 Å². The molecule has 8 N–H and O–H groups in total. The number of carbonyl (C=O) groups is 5. The van der Waals surface area contributed by atoms with Crippen LogP contribution in [-0.2, 0) is 31.5 Å². The molecular formula is C41H44F4N8O6. The lowest BCUT2D eigenvalue weighted by molar-refractivity contribution is -0.231. The summed E-state index contributed by atoms with van der Waals surface area (Å²) in [5.74, 6) is -17.0. The van der Waals surface area contributed by atoms with E-state index in [4.69, 9.17) is 10.8 Å². The Labute approximate surface area is 336 Å². The highest BCUT2D eigenvalue weighted by Gasteiger charge is 2.65. The molecule has 4 aromatic rings. The number of nitrogens with zero attached hydrogens (tertiary/aromatic N) is 2. The van der Waals surface area contributed by atoms with Gasteiger partial charge in [0.2, 0.25) is 23.5 Å². The molecule has 1 aromatic heterocycles. The molecule has 0 spiro atoms. The number of benzene rings is 3. The van der Waals surface area contributed by atoms with Crippen molar-refractivity contribution in [1.29, 1.82) is 0 Å². The number of carboxylic acid groups (broad SMARTS) is 1. The zero-order valence-electron chi connectivity index (χ0n) is 32.0. The average Bonchev–Trinajstić information content (AvgIpc) is 3.73. The van der Waals surface area contributed by atoms with Gasteiger partial charge in [0.05, 0.1) is 0 Å². The molecule has 3 aromatic carbocycles. The smallest absolute Gasteiger partial charge is 0.411 e.